The number of aromatic amines is 1. The molecule has 0 fully saturated rings. The second-order valence-electron chi connectivity index (χ2n) is 9.05. The van der Waals surface area contributed by atoms with Gasteiger partial charge in [0, 0.05) is 29.7 Å². The van der Waals surface area contributed by atoms with Crippen LogP contribution in [0.25, 0.3) is 22.6 Å². The van der Waals surface area contributed by atoms with E-state index in [2.05, 4.69) is 70.6 Å². The molecule has 184 valence electrons. The van der Waals surface area contributed by atoms with E-state index in [4.69, 9.17) is 0 Å². The SMILES string of the molecule is CCCCCc1c(C)n(CCCCC)c(=O)n1Cc1ccc(-c2cccnc2-c2nn[nH]n2)cc1. The van der Waals surface area contributed by atoms with Crippen LogP contribution in [-0.2, 0) is 19.5 Å². The van der Waals surface area contributed by atoms with Gasteiger partial charge in [-0.05, 0) is 48.6 Å². The van der Waals surface area contributed by atoms with Gasteiger partial charge in [-0.2, -0.15) is 5.21 Å². The molecular weight excluding hydrogens is 438 g/mol. The predicted octanol–water partition coefficient (Wildman–Crippen LogP) is 5.17. The number of nitrogens with zero attached hydrogens (tertiary/aromatic N) is 6. The smallest absolute Gasteiger partial charge is 0.296 e. The second kappa shape index (κ2) is 11.7. The molecule has 0 aliphatic carbocycles. The van der Waals surface area contributed by atoms with E-state index in [0.29, 0.717) is 18.1 Å². The number of hydrogen-bond donors (Lipinski definition) is 1. The Balaban J connectivity index is 1.61. The Labute approximate surface area is 206 Å². The van der Waals surface area contributed by atoms with Crippen LogP contribution in [0.5, 0.6) is 0 Å². The lowest BCUT2D eigenvalue weighted by Gasteiger charge is -2.10. The van der Waals surface area contributed by atoms with Gasteiger partial charge < -0.3 is 0 Å². The van der Waals surface area contributed by atoms with Crippen molar-refractivity contribution in [3.8, 4) is 22.6 Å². The minimum atomic E-state index is 0.112. The van der Waals surface area contributed by atoms with Gasteiger partial charge >= 0.3 is 5.69 Å². The average molecular weight is 474 g/mol. The molecule has 4 aromatic rings. The molecule has 8 nitrogen and oxygen atoms in total. The normalized spacial score (nSPS) is 11.3. The van der Waals surface area contributed by atoms with Gasteiger partial charge in [-0.3, -0.25) is 14.1 Å². The number of H-pyrrole nitrogens is 1. The van der Waals surface area contributed by atoms with Crippen LogP contribution in [-0.4, -0.2) is 34.7 Å². The molecule has 0 aliphatic heterocycles. The molecule has 3 aromatic heterocycles. The summed E-state index contributed by atoms with van der Waals surface area (Å²) in [6.45, 7) is 7.88. The third-order valence-corrected chi connectivity index (χ3v) is 6.58. The van der Waals surface area contributed by atoms with E-state index in [9.17, 15) is 4.79 Å². The van der Waals surface area contributed by atoms with Gasteiger partial charge in [0.25, 0.3) is 0 Å². The number of hydrogen-bond acceptors (Lipinski definition) is 5. The standard InChI is InChI=1S/C27H35N7O/c1-4-6-8-12-24-20(3)33(18-9-7-5-2)27(35)34(24)19-21-13-15-22(16-14-21)23-11-10-17-28-25(23)26-29-31-32-30-26/h10-11,13-17H,4-9,12,18-19H2,1-3H3,(H,29,30,31,32). The van der Waals surface area contributed by atoms with Crippen LogP contribution in [0.4, 0.5) is 0 Å². The van der Waals surface area contributed by atoms with Crippen molar-refractivity contribution in [1.82, 2.24) is 34.7 Å². The first-order chi connectivity index (χ1) is 17.1. The quantitative estimate of drug-likeness (QED) is 0.286. The molecule has 1 N–H and O–H groups in total. The minimum Gasteiger partial charge on any atom is -0.296 e. The van der Waals surface area contributed by atoms with Gasteiger partial charge in [0.2, 0.25) is 5.82 Å². The fourth-order valence-electron chi connectivity index (χ4n) is 4.61. The largest absolute Gasteiger partial charge is 0.328 e. The van der Waals surface area contributed by atoms with Gasteiger partial charge in [0.1, 0.15) is 5.69 Å². The lowest BCUT2D eigenvalue weighted by molar-refractivity contribution is 0.566. The van der Waals surface area contributed by atoms with Crippen molar-refractivity contribution < 1.29 is 0 Å². The molecule has 3 heterocycles. The van der Waals surface area contributed by atoms with Crippen molar-refractivity contribution in [3.05, 3.63) is 70.0 Å². The van der Waals surface area contributed by atoms with Crippen molar-refractivity contribution in [2.24, 2.45) is 0 Å². The zero-order valence-corrected chi connectivity index (χ0v) is 21.0. The summed E-state index contributed by atoms with van der Waals surface area (Å²) >= 11 is 0. The molecular formula is C27H35N7O. The fourth-order valence-corrected chi connectivity index (χ4v) is 4.61. The predicted molar refractivity (Wildman–Crippen MR) is 138 cm³/mol. The summed E-state index contributed by atoms with van der Waals surface area (Å²) in [4.78, 5) is 17.9. The highest BCUT2D eigenvalue weighted by atomic mass is 16.1. The van der Waals surface area contributed by atoms with Crippen LogP contribution < -0.4 is 5.69 Å². The highest BCUT2D eigenvalue weighted by Crippen LogP contribution is 2.28. The van der Waals surface area contributed by atoms with Crippen molar-refractivity contribution in [2.75, 3.05) is 0 Å². The first kappa shape index (κ1) is 24.6. The summed E-state index contributed by atoms with van der Waals surface area (Å²) in [5.41, 5.74) is 6.16. The Hall–Kier alpha value is -3.55. The van der Waals surface area contributed by atoms with Crippen LogP contribution in [0, 0.1) is 6.92 Å². The minimum absolute atomic E-state index is 0.112. The number of pyridine rings is 1. The Kier molecular flexibility index (Phi) is 8.23. The van der Waals surface area contributed by atoms with E-state index in [1.165, 1.54) is 18.5 Å². The van der Waals surface area contributed by atoms with Gasteiger partial charge in [0.05, 0.1) is 6.54 Å². The number of benzene rings is 1. The van der Waals surface area contributed by atoms with Crippen molar-refractivity contribution >= 4 is 0 Å². The van der Waals surface area contributed by atoms with Crippen LogP contribution in [0.2, 0.25) is 0 Å². The monoisotopic (exact) mass is 473 g/mol. The molecule has 0 saturated heterocycles. The van der Waals surface area contributed by atoms with E-state index in [0.717, 1.165) is 61.0 Å². The van der Waals surface area contributed by atoms with Gasteiger partial charge in [0.15, 0.2) is 0 Å². The summed E-state index contributed by atoms with van der Waals surface area (Å²) in [6.07, 6.45) is 9.45. The van der Waals surface area contributed by atoms with Crippen molar-refractivity contribution in [1.29, 1.82) is 0 Å². The van der Waals surface area contributed by atoms with Crippen molar-refractivity contribution in [2.45, 2.75) is 78.8 Å². The fraction of sp³-hybridized carbons (Fsp3) is 0.444. The highest BCUT2D eigenvalue weighted by Gasteiger charge is 2.17. The molecule has 0 atom stereocenters. The summed E-state index contributed by atoms with van der Waals surface area (Å²) in [7, 11) is 0. The lowest BCUT2D eigenvalue weighted by Crippen LogP contribution is -2.26. The molecule has 0 amide bonds. The van der Waals surface area contributed by atoms with Crippen LogP contribution in [0.1, 0.15) is 69.3 Å². The van der Waals surface area contributed by atoms with E-state index < -0.39 is 0 Å². The van der Waals surface area contributed by atoms with Gasteiger partial charge in [-0.25, -0.2) is 4.79 Å². The average Bonchev–Trinajstić information content (AvgIpc) is 3.49. The molecule has 4 rings (SSSR count). The molecule has 35 heavy (non-hydrogen) atoms. The van der Waals surface area contributed by atoms with E-state index in [1.54, 1.807) is 6.20 Å². The first-order valence-electron chi connectivity index (χ1n) is 12.7. The van der Waals surface area contributed by atoms with E-state index in [1.807, 2.05) is 21.3 Å². The number of aromatic nitrogens is 7. The molecule has 1 aromatic carbocycles. The lowest BCUT2D eigenvalue weighted by atomic mass is 10.0. The summed E-state index contributed by atoms with van der Waals surface area (Å²) in [5.74, 6) is 0.466. The molecule has 0 radical (unpaired) electrons. The Morgan fingerprint density at radius 2 is 1.71 bits per heavy atom. The van der Waals surface area contributed by atoms with E-state index >= 15 is 0 Å². The molecule has 8 heteroatoms. The van der Waals surface area contributed by atoms with Crippen molar-refractivity contribution in [3.63, 3.8) is 0 Å². The number of unbranched alkanes of at least 4 members (excludes halogenated alkanes) is 4. The summed E-state index contributed by atoms with van der Waals surface area (Å²) < 4.78 is 3.97. The number of tetrazole rings is 1. The van der Waals surface area contributed by atoms with Crippen LogP contribution >= 0.6 is 0 Å². The molecule has 0 unspecified atom stereocenters. The topological polar surface area (TPSA) is 94.3 Å². The third kappa shape index (κ3) is 5.58. The Morgan fingerprint density at radius 3 is 2.43 bits per heavy atom. The maximum absolute atomic E-state index is 13.4. The molecule has 0 bridgehead atoms. The van der Waals surface area contributed by atoms with Gasteiger partial charge in [-0.15, -0.1) is 10.2 Å². The van der Waals surface area contributed by atoms with Crippen LogP contribution in [0.15, 0.2) is 47.4 Å². The zero-order valence-electron chi connectivity index (χ0n) is 21.0. The first-order valence-corrected chi connectivity index (χ1v) is 12.7. The van der Waals surface area contributed by atoms with Gasteiger partial charge in [-0.1, -0.05) is 69.9 Å². The van der Waals surface area contributed by atoms with Crippen LogP contribution in [0.3, 0.4) is 0 Å². The summed E-state index contributed by atoms with van der Waals surface area (Å²) in [6, 6.07) is 12.2. The molecule has 0 saturated carbocycles. The number of imidazole rings is 1. The maximum atomic E-state index is 13.4. The number of nitrogens with one attached hydrogen (secondary N) is 1. The van der Waals surface area contributed by atoms with E-state index in [-0.39, 0.29) is 5.69 Å². The maximum Gasteiger partial charge on any atom is 0.328 e. The Morgan fingerprint density at radius 1 is 0.943 bits per heavy atom. The summed E-state index contributed by atoms with van der Waals surface area (Å²) in [5, 5.41) is 14.3. The molecule has 0 spiro atoms. The third-order valence-electron chi connectivity index (χ3n) is 6.58. The highest BCUT2D eigenvalue weighted by molar-refractivity contribution is 5.77. The second-order valence-corrected chi connectivity index (χ2v) is 9.05. The molecule has 0 aliphatic rings. The number of rotatable bonds is 12. The Bertz CT molecular complexity index is 1270. The zero-order chi connectivity index (χ0) is 24.6.